The van der Waals surface area contributed by atoms with Gasteiger partial charge < -0.3 is 14.8 Å². The third kappa shape index (κ3) is 3.94. The van der Waals surface area contributed by atoms with Crippen molar-refractivity contribution in [2.75, 3.05) is 14.2 Å². The predicted octanol–water partition coefficient (Wildman–Crippen LogP) is 1.82. The van der Waals surface area contributed by atoms with Crippen molar-refractivity contribution in [2.45, 2.75) is 51.4 Å². The molecule has 0 bridgehead atoms. The van der Waals surface area contributed by atoms with E-state index in [1.54, 1.807) is 7.05 Å². The van der Waals surface area contributed by atoms with Gasteiger partial charge in [-0.3, -0.25) is 4.79 Å². The van der Waals surface area contributed by atoms with Crippen molar-refractivity contribution >= 4 is 5.97 Å². The van der Waals surface area contributed by atoms with Gasteiger partial charge in [-0.25, -0.2) is 4.39 Å². The van der Waals surface area contributed by atoms with Gasteiger partial charge in [0.2, 0.25) is 5.28 Å². The molecule has 1 aliphatic carbocycles. The standard InChI is InChI=1S/C12H22FN3O4/c1-12(2,3)15(4)16(18)14-20-10-7-8(6-9(10)13)11(17)19-5/h8-10H,6-7H2,1-5H3/b16-14-/t8?,9?,10-/m0/s1. The van der Waals surface area contributed by atoms with Crippen LogP contribution >= 0.6 is 0 Å². The Morgan fingerprint density at radius 2 is 2.05 bits per heavy atom. The van der Waals surface area contributed by atoms with Gasteiger partial charge in [-0.05, 0) is 27.2 Å². The number of carbonyl (C=O) groups is 1. The minimum Gasteiger partial charge on any atom is -0.569 e. The molecular formula is C12H22FN3O4. The molecule has 1 saturated carbocycles. The van der Waals surface area contributed by atoms with E-state index < -0.39 is 29.7 Å². The lowest BCUT2D eigenvalue weighted by Gasteiger charge is -2.26. The lowest BCUT2D eigenvalue weighted by Crippen LogP contribution is -2.42. The maximum atomic E-state index is 13.7. The second-order valence-corrected chi connectivity index (χ2v) is 5.88. The minimum absolute atomic E-state index is 0.0286. The van der Waals surface area contributed by atoms with E-state index in [4.69, 9.17) is 4.84 Å². The highest BCUT2D eigenvalue weighted by atomic mass is 19.1. The molecule has 0 spiro atoms. The summed E-state index contributed by atoms with van der Waals surface area (Å²) in [7, 11) is 2.81. The van der Waals surface area contributed by atoms with Gasteiger partial charge in [0.25, 0.3) is 0 Å². The Bertz CT molecular complexity index is 383. The number of methoxy groups -OCH3 is 1. The van der Waals surface area contributed by atoms with Crippen LogP contribution in [0, 0.1) is 11.1 Å². The number of halogens is 1. The third-order valence-electron chi connectivity index (χ3n) is 3.44. The second kappa shape index (κ2) is 6.23. The van der Waals surface area contributed by atoms with Crippen molar-refractivity contribution in [1.82, 2.24) is 5.01 Å². The van der Waals surface area contributed by atoms with E-state index in [-0.39, 0.29) is 17.8 Å². The number of hydrogen-bond acceptors (Lipinski definition) is 5. The Labute approximate surface area is 117 Å². The molecule has 3 atom stereocenters. The maximum absolute atomic E-state index is 13.7. The first-order chi connectivity index (χ1) is 9.16. The molecule has 0 aromatic carbocycles. The summed E-state index contributed by atoms with van der Waals surface area (Å²) >= 11 is 0. The average molecular weight is 291 g/mol. The number of rotatable bonds is 4. The molecule has 0 aromatic heterocycles. The predicted molar refractivity (Wildman–Crippen MR) is 68.1 cm³/mol. The first kappa shape index (κ1) is 16.5. The second-order valence-electron chi connectivity index (χ2n) is 5.88. The monoisotopic (exact) mass is 291 g/mol. The number of alkyl halides is 1. The van der Waals surface area contributed by atoms with E-state index in [1.807, 2.05) is 20.8 Å². The Hall–Kier alpha value is -1.60. The molecule has 1 rings (SSSR count). The van der Waals surface area contributed by atoms with Crippen molar-refractivity contribution in [3.63, 3.8) is 0 Å². The molecule has 7 nitrogen and oxygen atoms in total. The van der Waals surface area contributed by atoms with Gasteiger partial charge in [-0.2, -0.15) is 0 Å². The van der Waals surface area contributed by atoms with Crippen LogP contribution < -0.4 is 0 Å². The average Bonchev–Trinajstić information content (AvgIpc) is 2.74. The largest absolute Gasteiger partial charge is 0.569 e. The molecule has 0 N–H and O–H groups in total. The van der Waals surface area contributed by atoms with E-state index in [1.165, 1.54) is 12.1 Å². The summed E-state index contributed by atoms with van der Waals surface area (Å²) in [4.78, 5) is 16.5. The van der Waals surface area contributed by atoms with Crippen LogP contribution in [0.25, 0.3) is 0 Å². The van der Waals surface area contributed by atoms with Crippen molar-refractivity contribution < 1.29 is 23.7 Å². The number of esters is 1. The van der Waals surface area contributed by atoms with Gasteiger partial charge >= 0.3 is 5.97 Å². The zero-order chi connectivity index (χ0) is 15.5. The van der Waals surface area contributed by atoms with E-state index in [9.17, 15) is 14.4 Å². The van der Waals surface area contributed by atoms with Crippen LogP contribution in [0.5, 0.6) is 0 Å². The smallest absolute Gasteiger partial charge is 0.308 e. The SMILES string of the molecule is COC(=O)C1CC(F)[C@@H](O/N=[N+](\[O-])N(C)C(C)(C)C)C1. The van der Waals surface area contributed by atoms with E-state index >= 15 is 0 Å². The number of ether oxygens (including phenoxy) is 1. The summed E-state index contributed by atoms with van der Waals surface area (Å²) in [6.07, 6.45) is -2.05. The van der Waals surface area contributed by atoms with Crippen molar-refractivity contribution in [1.29, 1.82) is 0 Å². The van der Waals surface area contributed by atoms with Crippen LogP contribution in [-0.2, 0) is 14.4 Å². The molecule has 1 fully saturated rings. The zero-order valence-electron chi connectivity index (χ0n) is 12.5. The maximum Gasteiger partial charge on any atom is 0.308 e. The van der Waals surface area contributed by atoms with Gasteiger partial charge in [0.05, 0.1) is 30.6 Å². The summed E-state index contributed by atoms with van der Waals surface area (Å²) < 4.78 is 18.3. The molecule has 0 saturated heterocycles. The highest BCUT2D eigenvalue weighted by Crippen LogP contribution is 2.31. The topological polar surface area (TPSA) is 77.2 Å². The molecule has 20 heavy (non-hydrogen) atoms. The quantitative estimate of drug-likeness (QED) is 0.342. The summed E-state index contributed by atoms with van der Waals surface area (Å²) in [5.74, 6) is -1.01. The molecule has 0 heterocycles. The van der Waals surface area contributed by atoms with Gasteiger partial charge in [-0.1, -0.05) is 0 Å². The summed E-state index contributed by atoms with van der Waals surface area (Å²) in [6, 6.07) is 0. The first-order valence-corrected chi connectivity index (χ1v) is 6.46. The van der Waals surface area contributed by atoms with Gasteiger partial charge in [0.15, 0.2) is 6.10 Å². The lowest BCUT2D eigenvalue weighted by molar-refractivity contribution is -0.720. The molecule has 2 unspecified atom stereocenters. The van der Waals surface area contributed by atoms with Crippen LogP contribution in [0.3, 0.4) is 0 Å². The van der Waals surface area contributed by atoms with Crippen LogP contribution in [0.15, 0.2) is 5.28 Å². The highest BCUT2D eigenvalue weighted by Gasteiger charge is 2.41. The fourth-order valence-corrected chi connectivity index (χ4v) is 1.83. The van der Waals surface area contributed by atoms with Gasteiger partial charge in [0, 0.05) is 6.42 Å². The molecule has 0 amide bonds. The Morgan fingerprint density at radius 3 is 2.55 bits per heavy atom. The summed E-state index contributed by atoms with van der Waals surface area (Å²) in [6.45, 7) is 5.48. The van der Waals surface area contributed by atoms with Crippen LogP contribution in [0.4, 0.5) is 4.39 Å². The first-order valence-electron chi connectivity index (χ1n) is 6.46. The van der Waals surface area contributed by atoms with E-state index in [0.29, 0.717) is 0 Å². The molecule has 0 aliphatic heterocycles. The fourth-order valence-electron chi connectivity index (χ4n) is 1.83. The Morgan fingerprint density at radius 1 is 1.45 bits per heavy atom. The third-order valence-corrected chi connectivity index (χ3v) is 3.44. The van der Waals surface area contributed by atoms with Crippen molar-refractivity contribution in [3.8, 4) is 0 Å². The Balaban J connectivity index is 2.59. The number of nitrogens with zero attached hydrogens (tertiary/aromatic N) is 3. The minimum atomic E-state index is -1.34. The number of hydrogen-bond donors (Lipinski definition) is 0. The Kier molecular flexibility index (Phi) is 5.13. The number of hydrazine groups is 1. The molecule has 1 aliphatic rings. The van der Waals surface area contributed by atoms with Gasteiger partial charge in [0.1, 0.15) is 6.17 Å². The summed E-state index contributed by atoms with van der Waals surface area (Å²) in [5, 5.41) is 16.3. The molecule has 0 radical (unpaired) electrons. The van der Waals surface area contributed by atoms with Crippen molar-refractivity contribution in [3.05, 3.63) is 5.21 Å². The lowest BCUT2D eigenvalue weighted by atomic mass is 10.1. The van der Waals surface area contributed by atoms with Crippen LogP contribution in [-0.4, -0.2) is 47.9 Å². The van der Waals surface area contributed by atoms with Crippen LogP contribution in [0.1, 0.15) is 33.6 Å². The number of carbonyl (C=O) groups excluding carboxylic acids is 1. The molecule has 0 aromatic rings. The molecular weight excluding hydrogens is 269 g/mol. The van der Waals surface area contributed by atoms with Crippen molar-refractivity contribution in [2.24, 2.45) is 11.2 Å². The fraction of sp³-hybridized carbons (Fsp3) is 0.917. The highest BCUT2D eigenvalue weighted by molar-refractivity contribution is 5.72. The van der Waals surface area contributed by atoms with E-state index in [0.717, 1.165) is 0 Å². The molecule has 8 heteroatoms. The molecule has 116 valence electrons. The van der Waals surface area contributed by atoms with E-state index in [2.05, 4.69) is 10.0 Å². The van der Waals surface area contributed by atoms with Crippen LogP contribution in [0.2, 0.25) is 0 Å². The van der Waals surface area contributed by atoms with Gasteiger partial charge in [-0.15, -0.1) is 5.01 Å². The normalized spacial score (nSPS) is 27.3. The summed E-state index contributed by atoms with van der Waals surface area (Å²) in [5.41, 5.74) is -0.437. The zero-order valence-corrected chi connectivity index (χ0v) is 12.5.